The van der Waals surface area contributed by atoms with Gasteiger partial charge in [-0.1, -0.05) is 30.7 Å². The zero-order valence-corrected chi connectivity index (χ0v) is 13.4. The highest BCUT2D eigenvalue weighted by molar-refractivity contribution is 7.91. The fraction of sp³-hybridized carbons (Fsp3) is 0.294. The predicted molar refractivity (Wildman–Crippen MR) is 84.8 cm³/mol. The third-order valence-electron chi connectivity index (χ3n) is 3.22. The molecule has 0 heterocycles. The average molecular weight is 304 g/mol. The Labute approximate surface area is 126 Å². The van der Waals surface area contributed by atoms with Crippen molar-refractivity contribution in [3.8, 4) is 11.5 Å². The number of ether oxygens (including phenoxy) is 1. The highest BCUT2D eigenvalue weighted by Gasteiger charge is 2.17. The van der Waals surface area contributed by atoms with Crippen LogP contribution >= 0.6 is 0 Å². The lowest BCUT2D eigenvalue weighted by Crippen LogP contribution is -2.07. The monoisotopic (exact) mass is 304 g/mol. The Morgan fingerprint density at radius 3 is 2.19 bits per heavy atom. The molecule has 0 saturated heterocycles. The lowest BCUT2D eigenvalue weighted by atomic mass is 10.2. The first-order valence-electron chi connectivity index (χ1n) is 7.00. The van der Waals surface area contributed by atoms with Crippen molar-refractivity contribution in [2.24, 2.45) is 0 Å². The second-order valence-electron chi connectivity index (χ2n) is 5.16. The van der Waals surface area contributed by atoms with Crippen LogP contribution in [0, 0.1) is 13.8 Å². The van der Waals surface area contributed by atoms with Gasteiger partial charge in [0.2, 0.25) is 0 Å². The summed E-state index contributed by atoms with van der Waals surface area (Å²) in [5.41, 5.74) is 1.90. The molecular formula is C17H20O3S. The molecular weight excluding hydrogens is 284 g/mol. The van der Waals surface area contributed by atoms with E-state index >= 15 is 0 Å². The number of hydrogen-bond donors (Lipinski definition) is 0. The Hall–Kier alpha value is -1.81. The molecule has 0 atom stereocenters. The van der Waals surface area contributed by atoms with E-state index in [-0.39, 0.29) is 5.75 Å². The maximum Gasteiger partial charge on any atom is 0.178 e. The summed E-state index contributed by atoms with van der Waals surface area (Å²) in [7, 11) is -3.24. The molecule has 4 heteroatoms. The summed E-state index contributed by atoms with van der Waals surface area (Å²) < 4.78 is 30.2. The fourth-order valence-electron chi connectivity index (χ4n) is 2.10. The first kappa shape index (κ1) is 15.6. The van der Waals surface area contributed by atoms with Crippen molar-refractivity contribution in [2.75, 3.05) is 5.75 Å². The van der Waals surface area contributed by atoms with Gasteiger partial charge in [0.1, 0.15) is 11.5 Å². The Balaban J connectivity index is 2.32. The predicted octanol–water partition coefficient (Wildman–Crippen LogP) is 4.28. The lowest BCUT2D eigenvalue weighted by molar-refractivity contribution is 0.480. The van der Waals surface area contributed by atoms with Crippen molar-refractivity contribution in [2.45, 2.75) is 32.1 Å². The quantitative estimate of drug-likeness (QED) is 0.828. The Kier molecular flexibility index (Phi) is 4.68. The maximum absolute atomic E-state index is 12.2. The highest BCUT2D eigenvalue weighted by atomic mass is 32.2. The molecule has 21 heavy (non-hydrogen) atoms. The van der Waals surface area contributed by atoms with Crippen molar-refractivity contribution in [3.05, 3.63) is 53.6 Å². The van der Waals surface area contributed by atoms with Gasteiger partial charge in [-0.05, 0) is 50.1 Å². The van der Waals surface area contributed by atoms with Gasteiger partial charge in [-0.3, -0.25) is 0 Å². The van der Waals surface area contributed by atoms with E-state index in [4.69, 9.17) is 4.74 Å². The largest absolute Gasteiger partial charge is 0.457 e. The van der Waals surface area contributed by atoms with Gasteiger partial charge in [0.05, 0.1) is 10.6 Å². The van der Waals surface area contributed by atoms with Crippen LogP contribution in [0.5, 0.6) is 11.5 Å². The molecule has 2 aromatic carbocycles. The summed E-state index contributed by atoms with van der Waals surface area (Å²) in [5, 5.41) is 0. The number of aryl methyl sites for hydroxylation is 2. The maximum atomic E-state index is 12.2. The Bertz CT molecular complexity index is 716. The van der Waals surface area contributed by atoms with Crippen molar-refractivity contribution in [3.63, 3.8) is 0 Å². The number of sulfone groups is 1. The van der Waals surface area contributed by atoms with Crippen molar-refractivity contribution in [1.29, 1.82) is 0 Å². The zero-order valence-electron chi connectivity index (χ0n) is 12.6. The molecule has 0 bridgehead atoms. The summed E-state index contributed by atoms with van der Waals surface area (Å²) in [6.45, 7) is 5.67. The Morgan fingerprint density at radius 1 is 0.952 bits per heavy atom. The standard InChI is InChI=1S/C17H20O3S/c1-4-11-21(18,19)17-12-16(10-7-14(17)3)20-15-8-5-13(2)6-9-15/h5-10,12H,4,11H2,1-3H3. The van der Waals surface area contributed by atoms with Gasteiger partial charge in [0, 0.05) is 0 Å². The van der Waals surface area contributed by atoms with Crippen LogP contribution in [-0.4, -0.2) is 14.2 Å². The van der Waals surface area contributed by atoms with Crippen LogP contribution in [0.1, 0.15) is 24.5 Å². The summed E-state index contributed by atoms with van der Waals surface area (Å²) in [4.78, 5) is 0.356. The third kappa shape index (κ3) is 3.85. The van der Waals surface area contributed by atoms with Crippen molar-refractivity contribution >= 4 is 9.84 Å². The van der Waals surface area contributed by atoms with Gasteiger partial charge in [0.25, 0.3) is 0 Å². The molecule has 0 aromatic heterocycles. The van der Waals surface area contributed by atoms with E-state index in [0.29, 0.717) is 22.8 Å². The minimum absolute atomic E-state index is 0.155. The van der Waals surface area contributed by atoms with Gasteiger partial charge < -0.3 is 4.74 Å². The molecule has 0 fully saturated rings. The smallest absolute Gasteiger partial charge is 0.178 e. The van der Waals surface area contributed by atoms with E-state index < -0.39 is 9.84 Å². The third-order valence-corrected chi connectivity index (χ3v) is 5.28. The molecule has 0 saturated carbocycles. The Morgan fingerprint density at radius 2 is 1.57 bits per heavy atom. The van der Waals surface area contributed by atoms with Gasteiger partial charge in [-0.15, -0.1) is 0 Å². The first-order valence-corrected chi connectivity index (χ1v) is 8.65. The van der Waals surface area contributed by atoms with Gasteiger partial charge in [-0.2, -0.15) is 0 Å². The zero-order chi connectivity index (χ0) is 15.5. The minimum Gasteiger partial charge on any atom is -0.457 e. The highest BCUT2D eigenvalue weighted by Crippen LogP contribution is 2.27. The first-order chi connectivity index (χ1) is 9.92. The van der Waals surface area contributed by atoms with E-state index in [1.54, 1.807) is 25.1 Å². The molecule has 0 N–H and O–H groups in total. The molecule has 0 amide bonds. The molecule has 0 aliphatic heterocycles. The fourth-order valence-corrected chi connectivity index (χ4v) is 3.71. The molecule has 3 nitrogen and oxygen atoms in total. The van der Waals surface area contributed by atoms with Crippen LogP contribution < -0.4 is 4.74 Å². The SMILES string of the molecule is CCCS(=O)(=O)c1cc(Oc2ccc(C)cc2)ccc1C. The summed E-state index contributed by atoms with van der Waals surface area (Å²) in [6.07, 6.45) is 0.602. The number of hydrogen-bond acceptors (Lipinski definition) is 3. The second-order valence-corrected chi connectivity index (χ2v) is 7.24. The van der Waals surface area contributed by atoms with Crippen LogP contribution in [0.2, 0.25) is 0 Å². The summed E-state index contributed by atoms with van der Waals surface area (Å²) in [6, 6.07) is 12.8. The van der Waals surface area contributed by atoms with E-state index in [2.05, 4.69) is 0 Å². The van der Waals surface area contributed by atoms with Crippen LogP contribution in [0.15, 0.2) is 47.4 Å². The van der Waals surface area contributed by atoms with Crippen molar-refractivity contribution in [1.82, 2.24) is 0 Å². The normalized spacial score (nSPS) is 11.4. The lowest BCUT2D eigenvalue weighted by Gasteiger charge is -2.11. The van der Waals surface area contributed by atoms with Gasteiger partial charge in [0.15, 0.2) is 9.84 Å². The number of benzene rings is 2. The molecule has 0 aliphatic rings. The van der Waals surface area contributed by atoms with Crippen molar-refractivity contribution < 1.29 is 13.2 Å². The summed E-state index contributed by atoms with van der Waals surface area (Å²) >= 11 is 0. The molecule has 0 spiro atoms. The van der Waals surface area contributed by atoms with Crippen LogP contribution in [0.25, 0.3) is 0 Å². The van der Waals surface area contributed by atoms with Gasteiger partial charge in [-0.25, -0.2) is 8.42 Å². The topological polar surface area (TPSA) is 43.4 Å². The summed E-state index contributed by atoms with van der Waals surface area (Å²) in [5.74, 6) is 1.39. The second kappa shape index (κ2) is 6.31. The molecule has 2 rings (SSSR count). The molecule has 0 radical (unpaired) electrons. The van der Waals surface area contributed by atoms with E-state index in [1.165, 1.54) is 0 Å². The molecule has 0 aliphatic carbocycles. The van der Waals surface area contributed by atoms with Crippen LogP contribution in [0.4, 0.5) is 0 Å². The van der Waals surface area contributed by atoms with Crippen LogP contribution in [0.3, 0.4) is 0 Å². The van der Waals surface area contributed by atoms with E-state index in [9.17, 15) is 8.42 Å². The molecule has 112 valence electrons. The van der Waals surface area contributed by atoms with Crippen LogP contribution in [-0.2, 0) is 9.84 Å². The molecule has 0 unspecified atom stereocenters. The van der Waals surface area contributed by atoms with E-state index in [0.717, 1.165) is 11.1 Å². The van der Waals surface area contributed by atoms with E-state index in [1.807, 2.05) is 38.1 Å². The minimum atomic E-state index is -3.24. The molecule has 2 aromatic rings. The van der Waals surface area contributed by atoms with Gasteiger partial charge >= 0.3 is 0 Å². The average Bonchev–Trinajstić information content (AvgIpc) is 2.43. The number of rotatable bonds is 5.